The molecule has 0 radical (unpaired) electrons. The lowest BCUT2D eigenvalue weighted by Gasteiger charge is -2.32. The first-order valence-corrected chi connectivity index (χ1v) is 10.0. The average molecular weight is 395 g/mol. The summed E-state index contributed by atoms with van der Waals surface area (Å²) in [6.45, 7) is 7.21. The summed E-state index contributed by atoms with van der Waals surface area (Å²) in [5.41, 5.74) is 1.49. The van der Waals surface area contributed by atoms with Crippen molar-refractivity contribution in [2.24, 2.45) is 5.92 Å². The predicted octanol–water partition coefficient (Wildman–Crippen LogP) is 3.40. The lowest BCUT2D eigenvalue weighted by Crippen LogP contribution is -2.34. The number of hydrogen-bond donors (Lipinski definition) is 1. The Labute approximate surface area is 169 Å². The topological polar surface area (TPSA) is 84.5 Å². The summed E-state index contributed by atoms with van der Waals surface area (Å²) in [5.74, 6) is -0.0234. The molecule has 0 aliphatic carbocycles. The molecule has 0 saturated carbocycles. The van der Waals surface area contributed by atoms with E-state index < -0.39 is 11.8 Å². The molecule has 2 aliphatic heterocycles. The van der Waals surface area contributed by atoms with Gasteiger partial charge in [0.05, 0.1) is 6.10 Å². The van der Waals surface area contributed by atoms with Crippen LogP contribution in [-0.4, -0.2) is 45.8 Å². The number of piperidine rings is 1. The summed E-state index contributed by atoms with van der Waals surface area (Å²) < 4.78 is 11.3. The molecule has 2 aliphatic rings. The number of Topliss-reactive ketones (excluding diaryl/α,β-unsaturated/α-hetero) is 1. The second-order valence-corrected chi connectivity index (χ2v) is 7.89. The van der Waals surface area contributed by atoms with Crippen molar-refractivity contribution in [3.63, 3.8) is 0 Å². The first-order chi connectivity index (χ1) is 13.9. The zero-order valence-electron chi connectivity index (χ0n) is 16.9. The highest BCUT2D eigenvalue weighted by molar-refractivity contribution is 6.26. The Hall–Kier alpha value is -3.09. The maximum Gasteiger partial charge on any atom is 0.348 e. The van der Waals surface area contributed by atoms with Crippen molar-refractivity contribution in [3.05, 3.63) is 47.3 Å². The number of pyridine rings is 1. The molecule has 0 bridgehead atoms. The molecule has 4 heterocycles. The minimum atomic E-state index is -0.636. The standard InChI is InChI=1S/C22H25N3O4/c1-13(2)28-22(27)18-19(26)17(29-21(18)25-9-6-14(3)7-10-25)11-15-12-24-20-16(15)5-4-8-23-20/h4-5,8,11-14H,6-7,9-10H2,1-3H3,(H,23,24)/b17-11-. The minimum absolute atomic E-state index is 0.0162. The van der Waals surface area contributed by atoms with Gasteiger partial charge in [-0.05, 0) is 50.8 Å². The van der Waals surface area contributed by atoms with Crippen LogP contribution in [-0.2, 0) is 19.1 Å². The van der Waals surface area contributed by atoms with E-state index in [1.165, 1.54) is 0 Å². The third kappa shape index (κ3) is 3.77. The zero-order chi connectivity index (χ0) is 20.5. The third-order valence-corrected chi connectivity index (χ3v) is 5.26. The van der Waals surface area contributed by atoms with E-state index >= 15 is 0 Å². The van der Waals surface area contributed by atoms with Crippen LogP contribution in [0.3, 0.4) is 0 Å². The van der Waals surface area contributed by atoms with Crippen LogP contribution in [0, 0.1) is 5.92 Å². The predicted molar refractivity (Wildman–Crippen MR) is 108 cm³/mol. The lowest BCUT2D eigenvalue weighted by atomic mass is 9.99. The molecule has 7 heteroatoms. The molecule has 152 valence electrons. The summed E-state index contributed by atoms with van der Waals surface area (Å²) in [6, 6.07) is 3.75. The number of likely N-dealkylation sites (tertiary alicyclic amines) is 1. The first kappa shape index (κ1) is 19.2. The van der Waals surface area contributed by atoms with Gasteiger partial charge in [0.15, 0.2) is 11.3 Å². The van der Waals surface area contributed by atoms with Gasteiger partial charge < -0.3 is 19.4 Å². The summed E-state index contributed by atoms with van der Waals surface area (Å²) in [6.07, 6.45) is 6.78. The normalized spacial score (nSPS) is 19.5. The van der Waals surface area contributed by atoms with Gasteiger partial charge in [-0.1, -0.05) is 6.92 Å². The maximum absolute atomic E-state index is 13.1. The van der Waals surface area contributed by atoms with Crippen LogP contribution in [0.25, 0.3) is 17.1 Å². The van der Waals surface area contributed by atoms with Crippen molar-refractivity contribution in [1.29, 1.82) is 0 Å². The zero-order valence-corrected chi connectivity index (χ0v) is 16.9. The van der Waals surface area contributed by atoms with E-state index in [-0.39, 0.29) is 17.4 Å². The van der Waals surface area contributed by atoms with Gasteiger partial charge in [-0.25, -0.2) is 9.78 Å². The van der Waals surface area contributed by atoms with Gasteiger partial charge in [0.1, 0.15) is 5.65 Å². The van der Waals surface area contributed by atoms with Gasteiger partial charge in [0.25, 0.3) is 0 Å². The van der Waals surface area contributed by atoms with Crippen molar-refractivity contribution in [1.82, 2.24) is 14.9 Å². The molecule has 1 N–H and O–H groups in total. The highest BCUT2D eigenvalue weighted by Gasteiger charge is 2.40. The number of H-pyrrole nitrogens is 1. The van der Waals surface area contributed by atoms with Gasteiger partial charge >= 0.3 is 5.97 Å². The molecular formula is C22H25N3O4. The Morgan fingerprint density at radius 3 is 2.86 bits per heavy atom. The smallest absolute Gasteiger partial charge is 0.348 e. The molecule has 7 nitrogen and oxygen atoms in total. The Balaban J connectivity index is 1.69. The fraction of sp³-hybridized carbons (Fsp3) is 0.409. The monoisotopic (exact) mass is 395 g/mol. The van der Waals surface area contributed by atoms with Gasteiger partial charge in [-0.15, -0.1) is 0 Å². The van der Waals surface area contributed by atoms with E-state index in [1.54, 1.807) is 32.3 Å². The van der Waals surface area contributed by atoms with Gasteiger partial charge in [0, 0.05) is 36.4 Å². The van der Waals surface area contributed by atoms with Crippen LogP contribution in [0.15, 0.2) is 41.7 Å². The number of aromatic amines is 1. The molecule has 0 atom stereocenters. The number of ketones is 1. The number of esters is 1. The average Bonchev–Trinajstić information content (AvgIpc) is 3.24. The molecule has 0 spiro atoms. The van der Waals surface area contributed by atoms with Crippen LogP contribution in [0.4, 0.5) is 0 Å². The Bertz CT molecular complexity index is 1010. The number of ether oxygens (including phenoxy) is 2. The largest absolute Gasteiger partial charge is 0.459 e. The second-order valence-electron chi connectivity index (χ2n) is 7.89. The lowest BCUT2D eigenvalue weighted by molar-refractivity contribution is -0.143. The van der Waals surface area contributed by atoms with Crippen LogP contribution < -0.4 is 0 Å². The molecule has 2 aromatic heterocycles. The third-order valence-electron chi connectivity index (χ3n) is 5.26. The molecule has 1 saturated heterocycles. The maximum atomic E-state index is 13.1. The number of carbonyl (C=O) groups is 2. The number of rotatable bonds is 4. The molecule has 1 fully saturated rings. The summed E-state index contributed by atoms with van der Waals surface area (Å²) >= 11 is 0. The quantitative estimate of drug-likeness (QED) is 0.485. The van der Waals surface area contributed by atoms with Crippen LogP contribution in [0.5, 0.6) is 0 Å². The molecule has 0 aromatic carbocycles. The molecule has 0 unspecified atom stereocenters. The first-order valence-electron chi connectivity index (χ1n) is 10.0. The van der Waals surface area contributed by atoms with Crippen LogP contribution in [0.1, 0.15) is 39.2 Å². The van der Waals surface area contributed by atoms with Gasteiger partial charge in [-0.2, -0.15) is 0 Å². The molecule has 2 aromatic rings. The SMILES string of the molecule is CC1CCN(C2=C(C(=O)OC(C)C)C(=O)/C(=C/c3c[nH]c4ncccc34)O2)CC1. The number of aromatic nitrogens is 2. The van der Waals surface area contributed by atoms with Crippen molar-refractivity contribution in [2.45, 2.75) is 39.7 Å². The summed E-state index contributed by atoms with van der Waals surface area (Å²) in [5, 5.41) is 0.878. The number of nitrogens with one attached hydrogen (secondary N) is 1. The minimum Gasteiger partial charge on any atom is -0.459 e. The van der Waals surface area contributed by atoms with Crippen molar-refractivity contribution in [3.8, 4) is 0 Å². The van der Waals surface area contributed by atoms with E-state index in [1.807, 2.05) is 17.0 Å². The molecule has 0 amide bonds. The Morgan fingerprint density at radius 1 is 1.38 bits per heavy atom. The van der Waals surface area contributed by atoms with Gasteiger partial charge in [-0.3, -0.25) is 4.79 Å². The molecule has 4 rings (SSSR count). The van der Waals surface area contributed by atoms with E-state index in [2.05, 4.69) is 16.9 Å². The van der Waals surface area contributed by atoms with Crippen molar-refractivity contribution in [2.75, 3.05) is 13.1 Å². The van der Waals surface area contributed by atoms with E-state index in [9.17, 15) is 9.59 Å². The Morgan fingerprint density at radius 2 is 2.14 bits per heavy atom. The van der Waals surface area contributed by atoms with Crippen LogP contribution >= 0.6 is 0 Å². The van der Waals surface area contributed by atoms with Crippen molar-refractivity contribution < 1.29 is 19.1 Å². The van der Waals surface area contributed by atoms with E-state index in [0.29, 0.717) is 11.8 Å². The Kier molecular flexibility index (Phi) is 5.13. The van der Waals surface area contributed by atoms with Crippen LogP contribution in [0.2, 0.25) is 0 Å². The summed E-state index contributed by atoms with van der Waals surface area (Å²) in [4.78, 5) is 35.1. The van der Waals surface area contributed by atoms with E-state index in [4.69, 9.17) is 9.47 Å². The number of nitrogens with zero attached hydrogens (tertiary/aromatic N) is 2. The number of carbonyl (C=O) groups excluding carboxylic acids is 2. The highest BCUT2D eigenvalue weighted by Crippen LogP contribution is 2.33. The van der Waals surface area contributed by atoms with Gasteiger partial charge in [0.2, 0.25) is 11.7 Å². The van der Waals surface area contributed by atoms with Crippen molar-refractivity contribution >= 4 is 28.9 Å². The number of allylic oxidation sites excluding steroid dienone is 1. The fourth-order valence-electron chi connectivity index (χ4n) is 3.64. The summed E-state index contributed by atoms with van der Waals surface area (Å²) in [7, 11) is 0. The second kappa shape index (κ2) is 7.73. The molecule has 29 heavy (non-hydrogen) atoms. The molecular weight excluding hydrogens is 370 g/mol. The number of fused-ring (bicyclic) bond motifs is 1. The highest BCUT2D eigenvalue weighted by atomic mass is 16.6. The number of hydrogen-bond acceptors (Lipinski definition) is 6. The van der Waals surface area contributed by atoms with E-state index in [0.717, 1.165) is 42.5 Å². The fourth-order valence-corrected chi connectivity index (χ4v) is 3.64.